The van der Waals surface area contributed by atoms with Gasteiger partial charge in [-0.1, -0.05) is 12.5 Å². The molecule has 0 aromatic heterocycles. The molecule has 0 saturated carbocycles. The highest BCUT2D eigenvalue weighted by Crippen LogP contribution is 2.24. The molecule has 8 heteroatoms. The van der Waals surface area contributed by atoms with E-state index in [0.717, 1.165) is 24.8 Å². The summed E-state index contributed by atoms with van der Waals surface area (Å²) in [4.78, 5) is 39.2. The highest BCUT2D eigenvalue weighted by molar-refractivity contribution is 6.06. The Morgan fingerprint density at radius 2 is 2.00 bits per heavy atom. The molecule has 1 aliphatic rings. The topological polar surface area (TPSA) is 95.7 Å². The van der Waals surface area contributed by atoms with Gasteiger partial charge in [0.25, 0.3) is 5.91 Å². The number of halogens is 1. The zero-order chi connectivity index (χ0) is 18.4. The first-order valence-corrected chi connectivity index (χ1v) is 8.61. The van der Waals surface area contributed by atoms with Crippen molar-refractivity contribution in [3.05, 3.63) is 29.3 Å². The molecule has 3 N–H and O–H groups in total. The third-order valence-corrected chi connectivity index (χ3v) is 4.35. The number of anilines is 1. The average Bonchev–Trinajstić information content (AvgIpc) is 2.59. The number of carbonyl (C=O) groups excluding carboxylic acids is 3. The van der Waals surface area contributed by atoms with Crippen molar-refractivity contribution in [2.45, 2.75) is 32.6 Å². The Hall–Kier alpha value is -2.12. The summed E-state index contributed by atoms with van der Waals surface area (Å²) in [6.45, 7) is 3.53. The third kappa shape index (κ3) is 5.44. The zero-order valence-electron chi connectivity index (χ0n) is 15.3. The molecule has 2 rings (SSSR count). The predicted molar refractivity (Wildman–Crippen MR) is 104 cm³/mol. The molecule has 4 amide bonds. The average molecular weight is 383 g/mol. The number of aryl methyl sites for hydroxylation is 1. The maximum atomic E-state index is 12.6. The molecule has 1 saturated heterocycles. The fourth-order valence-corrected chi connectivity index (χ4v) is 2.82. The number of amides is 4. The first-order chi connectivity index (χ1) is 11.9. The number of hydrogen-bond donors (Lipinski definition) is 2. The maximum Gasteiger partial charge on any atom is 0.328 e. The number of rotatable bonds is 7. The Kier molecular flexibility index (Phi) is 8.54. The van der Waals surface area contributed by atoms with Crippen LogP contribution < -0.4 is 16.0 Å². The minimum Gasteiger partial charge on any atom is -0.342 e. The molecule has 1 aliphatic heterocycles. The summed E-state index contributed by atoms with van der Waals surface area (Å²) in [5, 5.41) is 2.31. The van der Waals surface area contributed by atoms with Gasteiger partial charge in [0.2, 0.25) is 5.91 Å². The molecule has 1 aromatic carbocycles. The van der Waals surface area contributed by atoms with E-state index in [1.807, 2.05) is 13.0 Å². The second kappa shape index (κ2) is 10.1. The lowest BCUT2D eigenvalue weighted by molar-refractivity contribution is -0.120. The van der Waals surface area contributed by atoms with E-state index in [1.54, 1.807) is 24.1 Å². The number of carbonyl (C=O) groups is 3. The quantitative estimate of drug-likeness (QED) is 0.705. The van der Waals surface area contributed by atoms with Crippen LogP contribution in [0.1, 0.15) is 41.6 Å². The lowest BCUT2D eigenvalue weighted by atomic mass is 10.1. The summed E-state index contributed by atoms with van der Waals surface area (Å²) < 4.78 is 0. The van der Waals surface area contributed by atoms with Crippen molar-refractivity contribution < 1.29 is 14.4 Å². The fraction of sp³-hybridized carbons (Fsp3) is 0.500. The van der Waals surface area contributed by atoms with Crippen molar-refractivity contribution in [2.24, 2.45) is 5.73 Å². The van der Waals surface area contributed by atoms with Crippen LogP contribution in [0.15, 0.2) is 18.2 Å². The van der Waals surface area contributed by atoms with Crippen LogP contribution in [0, 0.1) is 6.92 Å². The molecular formula is C18H27ClN4O3. The fourth-order valence-electron chi connectivity index (χ4n) is 2.82. The SMILES string of the molecule is Cc1ccc(C(=O)N(C)CCCCCN)cc1N1CCC(=O)NC1=O.Cl. The van der Waals surface area contributed by atoms with Crippen molar-refractivity contribution in [1.82, 2.24) is 10.2 Å². The first-order valence-electron chi connectivity index (χ1n) is 8.61. The number of imide groups is 1. The van der Waals surface area contributed by atoms with Gasteiger partial charge >= 0.3 is 6.03 Å². The molecule has 1 fully saturated rings. The van der Waals surface area contributed by atoms with Gasteiger partial charge in [-0.2, -0.15) is 0 Å². The summed E-state index contributed by atoms with van der Waals surface area (Å²) in [5.74, 6) is -0.356. The number of benzene rings is 1. The molecule has 1 heterocycles. The van der Waals surface area contributed by atoms with Crippen LogP contribution in [0.5, 0.6) is 0 Å². The normalized spacial score (nSPS) is 13.9. The molecule has 0 aliphatic carbocycles. The van der Waals surface area contributed by atoms with E-state index >= 15 is 0 Å². The molecule has 0 unspecified atom stereocenters. The number of urea groups is 1. The zero-order valence-corrected chi connectivity index (χ0v) is 16.1. The summed E-state index contributed by atoms with van der Waals surface area (Å²) >= 11 is 0. The molecule has 26 heavy (non-hydrogen) atoms. The lowest BCUT2D eigenvalue weighted by Gasteiger charge is -2.28. The monoisotopic (exact) mass is 382 g/mol. The molecular weight excluding hydrogens is 356 g/mol. The number of hydrogen-bond acceptors (Lipinski definition) is 4. The van der Waals surface area contributed by atoms with E-state index in [1.165, 1.54) is 4.90 Å². The van der Waals surface area contributed by atoms with Crippen LogP contribution in [-0.2, 0) is 4.79 Å². The molecule has 1 aromatic rings. The third-order valence-electron chi connectivity index (χ3n) is 4.35. The van der Waals surface area contributed by atoms with Crippen LogP contribution >= 0.6 is 12.4 Å². The van der Waals surface area contributed by atoms with E-state index in [9.17, 15) is 14.4 Å². The van der Waals surface area contributed by atoms with Gasteiger partial charge in [0.1, 0.15) is 0 Å². The van der Waals surface area contributed by atoms with E-state index < -0.39 is 6.03 Å². The highest BCUT2D eigenvalue weighted by atomic mass is 35.5. The van der Waals surface area contributed by atoms with Crippen LogP contribution in [0.25, 0.3) is 0 Å². The largest absolute Gasteiger partial charge is 0.342 e. The first kappa shape index (κ1) is 21.9. The summed E-state index contributed by atoms with van der Waals surface area (Å²) in [7, 11) is 1.77. The van der Waals surface area contributed by atoms with Gasteiger partial charge in [-0.25, -0.2) is 4.79 Å². The maximum absolute atomic E-state index is 12.6. The smallest absolute Gasteiger partial charge is 0.328 e. The van der Waals surface area contributed by atoms with Crippen molar-refractivity contribution >= 4 is 35.9 Å². The van der Waals surface area contributed by atoms with Gasteiger partial charge in [-0.15, -0.1) is 12.4 Å². The Morgan fingerprint density at radius 3 is 2.65 bits per heavy atom. The Balaban J connectivity index is 0.00000338. The minimum atomic E-state index is -0.445. The minimum absolute atomic E-state index is 0. The summed E-state index contributed by atoms with van der Waals surface area (Å²) in [6.07, 6.45) is 3.12. The van der Waals surface area contributed by atoms with Gasteiger partial charge < -0.3 is 10.6 Å². The van der Waals surface area contributed by atoms with E-state index in [-0.39, 0.29) is 30.6 Å². The van der Waals surface area contributed by atoms with Crippen molar-refractivity contribution in [3.8, 4) is 0 Å². The van der Waals surface area contributed by atoms with Crippen molar-refractivity contribution in [3.63, 3.8) is 0 Å². The van der Waals surface area contributed by atoms with Crippen LogP contribution in [0.2, 0.25) is 0 Å². The van der Waals surface area contributed by atoms with E-state index in [2.05, 4.69) is 5.32 Å². The second-order valence-corrected chi connectivity index (χ2v) is 6.33. The molecule has 0 radical (unpaired) electrons. The molecule has 0 atom stereocenters. The van der Waals surface area contributed by atoms with Crippen LogP contribution in [0.4, 0.5) is 10.5 Å². The van der Waals surface area contributed by atoms with E-state index in [4.69, 9.17) is 5.73 Å². The Morgan fingerprint density at radius 1 is 1.27 bits per heavy atom. The van der Waals surface area contributed by atoms with Gasteiger partial charge in [0.05, 0.1) is 0 Å². The highest BCUT2D eigenvalue weighted by Gasteiger charge is 2.26. The van der Waals surface area contributed by atoms with Gasteiger partial charge in [0, 0.05) is 37.8 Å². The number of nitrogens with one attached hydrogen (secondary N) is 1. The van der Waals surface area contributed by atoms with E-state index in [0.29, 0.717) is 30.9 Å². The lowest BCUT2D eigenvalue weighted by Crippen LogP contribution is -2.49. The van der Waals surface area contributed by atoms with Gasteiger partial charge in [-0.05, 0) is 44.0 Å². The van der Waals surface area contributed by atoms with Crippen LogP contribution in [0.3, 0.4) is 0 Å². The predicted octanol–water partition coefficient (Wildman–Crippen LogP) is 2.06. The number of unbranched alkanes of at least 4 members (excludes halogenated alkanes) is 2. The molecule has 7 nitrogen and oxygen atoms in total. The number of nitrogens with zero attached hydrogens (tertiary/aromatic N) is 2. The summed E-state index contributed by atoms with van der Waals surface area (Å²) in [5.41, 5.74) is 7.55. The second-order valence-electron chi connectivity index (χ2n) is 6.33. The Labute approximate surface area is 160 Å². The van der Waals surface area contributed by atoms with Gasteiger partial charge in [-0.3, -0.25) is 19.8 Å². The molecule has 0 bridgehead atoms. The molecule has 144 valence electrons. The summed E-state index contributed by atoms with van der Waals surface area (Å²) in [6, 6.07) is 4.88. The van der Waals surface area contributed by atoms with Gasteiger partial charge in [0.15, 0.2) is 0 Å². The van der Waals surface area contributed by atoms with Crippen LogP contribution in [-0.4, -0.2) is 49.4 Å². The molecule has 0 spiro atoms. The number of nitrogens with two attached hydrogens (primary N) is 1. The van der Waals surface area contributed by atoms with Crippen molar-refractivity contribution in [2.75, 3.05) is 31.6 Å². The standard InChI is InChI=1S/C18H26N4O3.ClH/c1-13-6-7-14(17(24)21(2)10-5-3-4-9-19)12-15(13)22-11-8-16(23)20-18(22)25;/h6-7,12H,3-5,8-11,19H2,1-2H3,(H,20,23,25);1H. The van der Waals surface area contributed by atoms with Crippen molar-refractivity contribution in [1.29, 1.82) is 0 Å². The Bertz CT molecular complexity index is 666.